The van der Waals surface area contributed by atoms with Gasteiger partial charge in [-0.25, -0.2) is 0 Å². The Morgan fingerprint density at radius 2 is 1.62 bits per heavy atom. The van der Waals surface area contributed by atoms with Crippen LogP contribution in [-0.4, -0.2) is 98.2 Å². The third-order valence-corrected chi connectivity index (χ3v) is 2.63. The van der Waals surface area contributed by atoms with Gasteiger partial charge in [0.1, 0.15) is 24.4 Å². The molecule has 0 radical (unpaired) electrons. The molecule has 10 nitrogen and oxygen atoms in total. The molecule has 0 aromatic rings. The first kappa shape index (κ1) is 20.1. The Hall–Kier alpha value is -0.850. The summed E-state index contributed by atoms with van der Waals surface area (Å²) in [6.07, 6.45) is -10.9. The van der Waals surface area contributed by atoms with Gasteiger partial charge in [-0.1, -0.05) is 0 Å². The van der Waals surface area contributed by atoms with Gasteiger partial charge < -0.3 is 45.8 Å². The van der Waals surface area contributed by atoms with E-state index in [-0.39, 0.29) is 13.2 Å². The SMILES string of the molecule is CC(O)OCCNC(=O)[C@H](O)[C@@H](O)[C@H](O)[C@H](O)C(O)CO. The number of nitrogens with one attached hydrogen (secondary N) is 1. The minimum atomic E-state index is -2.07. The van der Waals surface area contributed by atoms with Crippen molar-refractivity contribution in [3.05, 3.63) is 0 Å². The molecular formula is C11H23NO9. The summed E-state index contributed by atoms with van der Waals surface area (Å²) in [6.45, 7) is 0.389. The topological polar surface area (TPSA) is 180 Å². The zero-order chi connectivity index (χ0) is 16.6. The van der Waals surface area contributed by atoms with Gasteiger partial charge in [-0.05, 0) is 6.92 Å². The van der Waals surface area contributed by atoms with Gasteiger partial charge in [0.25, 0.3) is 5.91 Å². The molecule has 0 aliphatic carbocycles. The van der Waals surface area contributed by atoms with Crippen LogP contribution in [0.2, 0.25) is 0 Å². The van der Waals surface area contributed by atoms with E-state index in [1.54, 1.807) is 0 Å². The molecule has 8 N–H and O–H groups in total. The van der Waals surface area contributed by atoms with Gasteiger partial charge in [0.05, 0.1) is 13.2 Å². The molecule has 1 amide bonds. The van der Waals surface area contributed by atoms with E-state index in [9.17, 15) is 25.2 Å². The zero-order valence-corrected chi connectivity index (χ0v) is 11.5. The monoisotopic (exact) mass is 313 g/mol. The highest BCUT2D eigenvalue weighted by molar-refractivity contribution is 5.81. The minimum absolute atomic E-state index is 0.0410. The molecule has 126 valence electrons. The number of carbonyl (C=O) groups is 1. The van der Waals surface area contributed by atoms with E-state index in [4.69, 9.17) is 20.1 Å². The van der Waals surface area contributed by atoms with E-state index in [2.05, 4.69) is 5.32 Å². The van der Waals surface area contributed by atoms with Gasteiger partial charge in [0.15, 0.2) is 12.4 Å². The second-order valence-electron chi connectivity index (χ2n) is 4.43. The molecule has 6 atom stereocenters. The van der Waals surface area contributed by atoms with Crippen LogP contribution in [0.3, 0.4) is 0 Å². The van der Waals surface area contributed by atoms with Gasteiger partial charge >= 0.3 is 0 Å². The molecular weight excluding hydrogens is 290 g/mol. The van der Waals surface area contributed by atoms with Gasteiger partial charge in [-0.2, -0.15) is 0 Å². The van der Waals surface area contributed by atoms with E-state index >= 15 is 0 Å². The van der Waals surface area contributed by atoms with Crippen molar-refractivity contribution in [3.63, 3.8) is 0 Å². The van der Waals surface area contributed by atoms with E-state index in [1.165, 1.54) is 6.92 Å². The van der Waals surface area contributed by atoms with Crippen LogP contribution in [0.15, 0.2) is 0 Å². The summed E-state index contributed by atoms with van der Waals surface area (Å²) in [5.74, 6) is -1.04. The van der Waals surface area contributed by atoms with Gasteiger partial charge in [0, 0.05) is 6.54 Å². The fourth-order valence-corrected chi connectivity index (χ4v) is 1.39. The van der Waals surface area contributed by atoms with E-state index in [0.29, 0.717) is 0 Å². The summed E-state index contributed by atoms with van der Waals surface area (Å²) in [7, 11) is 0. The lowest BCUT2D eigenvalue weighted by Crippen LogP contribution is -2.54. The summed E-state index contributed by atoms with van der Waals surface area (Å²) in [4.78, 5) is 11.5. The second-order valence-corrected chi connectivity index (χ2v) is 4.43. The van der Waals surface area contributed by atoms with E-state index < -0.39 is 49.3 Å². The molecule has 0 bridgehead atoms. The maximum Gasteiger partial charge on any atom is 0.251 e. The summed E-state index contributed by atoms with van der Waals surface area (Å²) in [6, 6.07) is 0. The zero-order valence-electron chi connectivity index (χ0n) is 11.5. The number of carbonyl (C=O) groups excluding carboxylic acids is 1. The first-order valence-electron chi connectivity index (χ1n) is 6.31. The Labute approximate surface area is 121 Å². The standard InChI is InChI=1S/C11H23NO9/c1-5(14)21-3-2-12-11(20)10(19)9(18)8(17)7(16)6(15)4-13/h5-10,13-19H,2-4H2,1H3,(H,12,20)/t5?,6?,7-,8-,9+,10-/m1/s1. The average molecular weight is 313 g/mol. The number of hydrogen-bond donors (Lipinski definition) is 8. The predicted octanol–water partition coefficient (Wildman–Crippen LogP) is -4.75. The van der Waals surface area contributed by atoms with Gasteiger partial charge in [-0.3, -0.25) is 4.79 Å². The average Bonchev–Trinajstić information content (AvgIpc) is 2.47. The van der Waals surface area contributed by atoms with Crippen molar-refractivity contribution in [1.29, 1.82) is 0 Å². The molecule has 21 heavy (non-hydrogen) atoms. The third-order valence-electron chi connectivity index (χ3n) is 2.63. The Morgan fingerprint density at radius 3 is 2.10 bits per heavy atom. The highest BCUT2D eigenvalue weighted by atomic mass is 16.6. The highest BCUT2D eigenvalue weighted by Gasteiger charge is 2.36. The van der Waals surface area contributed by atoms with Crippen molar-refractivity contribution < 1.29 is 45.3 Å². The molecule has 0 spiro atoms. The smallest absolute Gasteiger partial charge is 0.251 e. The molecule has 10 heteroatoms. The van der Waals surface area contributed by atoms with Crippen LogP contribution in [-0.2, 0) is 9.53 Å². The fourth-order valence-electron chi connectivity index (χ4n) is 1.39. The summed E-state index contributed by atoms with van der Waals surface area (Å²) in [5, 5.41) is 66.5. The van der Waals surface area contributed by atoms with Crippen molar-refractivity contribution in [2.24, 2.45) is 0 Å². The molecule has 0 fully saturated rings. The molecule has 0 aliphatic rings. The first-order chi connectivity index (χ1) is 9.72. The molecule has 0 heterocycles. The molecule has 0 rings (SSSR count). The molecule has 0 saturated carbocycles. The van der Waals surface area contributed by atoms with Crippen LogP contribution in [0, 0.1) is 0 Å². The van der Waals surface area contributed by atoms with Crippen molar-refractivity contribution in [1.82, 2.24) is 5.32 Å². The van der Waals surface area contributed by atoms with Crippen molar-refractivity contribution in [2.45, 2.75) is 43.7 Å². The Bertz CT molecular complexity index is 301. The second kappa shape index (κ2) is 9.97. The number of amides is 1. The van der Waals surface area contributed by atoms with Crippen LogP contribution < -0.4 is 5.32 Å². The van der Waals surface area contributed by atoms with Gasteiger partial charge in [-0.15, -0.1) is 0 Å². The number of ether oxygens (including phenoxy) is 1. The summed E-state index contributed by atoms with van der Waals surface area (Å²) in [5.41, 5.74) is 0. The van der Waals surface area contributed by atoms with Gasteiger partial charge in [0.2, 0.25) is 0 Å². The largest absolute Gasteiger partial charge is 0.394 e. The first-order valence-corrected chi connectivity index (χ1v) is 6.31. The lowest BCUT2D eigenvalue weighted by molar-refractivity contribution is -0.157. The Kier molecular flexibility index (Phi) is 9.57. The number of hydrogen-bond acceptors (Lipinski definition) is 9. The van der Waals surface area contributed by atoms with E-state index in [0.717, 1.165) is 0 Å². The van der Waals surface area contributed by atoms with Crippen LogP contribution in [0.5, 0.6) is 0 Å². The summed E-state index contributed by atoms with van der Waals surface area (Å²) < 4.78 is 4.71. The van der Waals surface area contributed by atoms with Crippen molar-refractivity contribution in [3.8, 4) is 0 Å². The third kappa shape index (κ3) is 7.11. The van der Waals surface area contributed by atoms with Crippen molar-refractivity contribution in [2.75, 3.05) is 19.8 Å². The lowest BCUT2D eigenvalue weighted by Gasteiger charge is -2.27. The fraction of sp³-hybridized carbons (Fsp3) is 0.909. The summed E-state index contributed by atoms with van der Waals surface area (Å²) >= 11 is 0. The maximum atomic E-state index is 11.5. The van der Waals surface area contributed by atoms with E-state index in [1.807, 2.05) is 0 Å². The number of aliphatic hydroxyl groups is 7. The minimum Gasteiger partial charge on any atom is -0.394 e. The van der Waals surface area contributed by atoms with Crippen molar-refractivity contribution >= 4 is 5.91 Å². The van der Waals surface area contributed by atoms with Crippen LogP contribution in [0.4, 0.5) is 0 Å². The lowest BCUT2D eigenvalue weighted by atomic mass is 9.99. The molecule has 2 unspecified atom stereocenters. The maximum absolute atomic E-state index is 11.5. The highest BCUT2D eigenvalue weighted by Crippen LogP contribution is 2.08. The van der Waals surface area contributed by atoms with Crippen LogP contribution in [0.1, 0.15) is 6.92 Å². The normalized spacial score (nSPS) is 20.2. The Balaban J connectivity index is 4.28. The quantitative estimate of drug-likeness (QED) is 0.145. The Morgan fingerprint density at radius 1 is 1.05 bits per heavy atom. The number of aliphatic hydroxyl groups excluding tert-OH is 7. The molecule has 0 saturated heterocycles. The van der Waals surface area contributed by atoms with Crippen LogP contribution in [0.25, 0.3) is 0 Å². The predicted molar refractivity (Wildman–Crippen MR) is 67.8 cm³/mol. The number of rotatable bonds is 10. The molecule has 0 aliphatic heterocycles. The molecule has 0 aromatic heterocycles. The molecule has 0 aromatic carbocycles. The van der Waals surface area contributed by atoms with Crippen LogP contribution >= 0.6 is 0 Å².